The SMILES string of the molecule is CC(C)[C@@H]1[C@H]2OC(=O)[C@@H]1[C@@H]1CC[C@H](CO)[C@]1(C)[C@H]2O. The fourth-order valence-electron chi connectivity index (χ4n) is 5.13. The van der Waals surface area contributed by atoms with Crippen molar-refractivity contribution in [1.82, 2.24) is 0 Å². The predicted octanol–water partition coefficient (Wildman–Crippen LogP) is 1.20. The lowest BCUT2D eigenvalue weighted by molar-refractivity contribution is -0.152. The van der Waals surface area contributed by atoms with Crippen LogP contribution in [0.4, 0.5) is 0 Å². The van der Waals surface area contributed by atoms with E-state index >= 15 is 0 Å². The summed E-state index contributed by atoms with van der Waals surface area (Å²) in [6.45, 7) is 6.32. The van der Waals surface area contributed by atoms with Gasteiger partial charge in [-0.1, -0.05) is 20.8 Å². The second kappa shape index (κ2) is 4.19. The lowest BCUT2D eigenvalue weighted by atomic mass is 9.55. The molecule has 0 radical (unpaired) electrons. The van der Waals surface area contributed by atoms with Gasteiger partial charge in [0, 0.05) is 17.9 Å². The van der Waals surface area contributed by atoms with Gasteiger partial charge in [-0.2, -0.15) is 0 Å². The van der Waals surface area contributed by atoms with Crippen molar-refractivity contribution in [2.45, 2.75) is 45.8 Å². The van der Waals surface area contributed by atoms with Gasteiger partial charge in [0.25, 0.3) is 0 Å². The van der Waals surface area contributed by atoms with Crippen LogP contribution in [0.15, 0.2) is 0 Å². The number of carbonyl (C=O) groups is 1. The van der Waals surface area contributed by atoms with E-state index in [0.29, 0.717) is 5.92 Å². The number of hydrogen-bond donors (Lipinski definition) is 2. The van der Waals surface area contributed by atoms with Crippen molar-refractivity contribution in [3.8, 4) is 0 Å². The van der Waals surface area contributed by atoms with E-state index in [1.54, 1.807) is 0 Å². The molecule has 0 amide bonds. The minimum Gasteiger partial charge on any atom is -0.459 e. The summed E-state index contributed by atoms with van der Waals surface area (Å²) in [5.74, 6) is 0.468. The molecule has 0 aromatic heterocycles. The van der Waals surface area contributed by atoms with Crippen LogP contribution < -0.4 is 0 Å². The molecule has 3 rings (SSSR count). The number of aliphatic hydroxyl groups is 2. The maximum absolute atomic E-state index is 12.2. The van der Waals surface area contributed by atoms with Crippen molar-refractivity contribution in [3.05, 3.63) is 0 Å². The van der Waals surface area contributed by atoms with Gasteiger partial charge in [-0.05, 0) is 30.6 Å². The summed E-state index contributed by atoms with van der Waals surface area (Å²) in [6, 6.07) is 0. The van der Waals surface area contributed by atoms with Crippen molar-refractivity contribution in [1.29, 1.82) is 0 Å². The zero-order valence-corrected chi connectivity index (χ0v) is 11.9. The van der Waals surface area contributed by atoms with E-state index in [0.717, 1.165) is 12.8 Å². The Hall–Kier alpha value is -0.610. The van der Waals surface area contributed by atoms with E-state index in [2.05, 4.69) is 13.8 Å². The quantitative estimate of drug-likeness (QED) is 0.739. The molecule has 2 saturated carbocycles. The van der Waals surface area contributed by atoms with Gasteiger partial charge in [0.15, 0.2) is 0 Å². The number of aliphatic hydroxyl groups excluding tert-OH is 2. The van der Waals surface area contributed by atoms with Gasteiger partial charge in [-0.25, -0.2) is 0 Å². The average Bonchev–Trinajstić information content (AvgIpc) is 2.84. The number of rotatable bonds is 2. The summed E-state index contributed by atoms with van der Waals surface area (Å²) in [6.07, 6.45) is 0.781. The third-order valence-corrected chi connectivity index (χ3v) is 6.20. The number of ether oxygens (including phenoxy) is 1. The van der Waals surface area contributed by atoms with Crippen molar-refractivity contribution in [3.63, 3.8) is 0 Å². The van der Waals surface area contributed by atoms with Crippen LogP contribution in [-0.2, 0) is 9.53 Å². The minimum atomic E-state index is -0.646. The summed E-state index contributed by atoms with van der Waals surface area (Å²) in [4.78, 5) is 12.2. The molecule has 1 saturated heterocycles. The van der Waals surface area contributed by atoms with Gasteiger partial charge in [0.2, 0.25) is 0 Å². The molecular formula is C15H24O4. The molecule has 0 aromatic rings. The van der Waals surface area contributed by atoms with Crippen LogP contribution in [0.25, 0.3) is 0 Å². The van der Waals surface area contributed by atoms with Crippen LogP contribution in [0.3, 0.4) is 0 Å². The number of hydrogen-bond acceptors (Lipinski definition) is 4. The second-order valence-electron chi connectivity index (χ2n) is 7.12. The predicted molar refractivity (Wildman–Crippen MR) is 69.1 cm³/mol. The summed E-state index contributed by atoms with van der Waals surface area (Å²) in [5.41, 5.74) is -0.373. The molecule has 19 heavy (non-hydrogen) atoms. The van der Waals surface area contributed by atoms with Gasteiger partial charge in [0.05, 0.1) is 12.0 Å². The zero-order chi connectivity index (χ0) is 13.9. The van der Waals surface area contributed by atoms with Crippen molar-refractivity contribution >= 4 is 5.97 Å². The molecule has 3 aliphatic rings. The molecule has 2 bridgehead atoms. The molecule has 108 valence electrons. The molecule has 2 aliphatic carbocycles. The largest absolute Gasteiger partial charge is 0.459 e. The van der Waals surface area contributed by atoms with Crippen LogP contribution >= 0.6 is 0 Å². The summed E-state index contributed by atoms with van der Waals surface area (Å²) in [5, 5.41) is 20.4. The molecule has 0 spiro atoms. The highest BCUT2D eigenvalue weighted by Crippen LogP contribution is 2.62. The standard InChI is InChI=1S/C15H24O4/c1-7(2)10-11-9-5-4-8(6-16)15(9,3)13(17)12(10)19-14(11)18/h7-13,16-17H,4-6H2,1-3H3/t8-,9+,10+,11-,12-,13+,15+/m1/s1. The van der Waals surface area contributed by atoms with Gasteiger partial charge in [0.1, 0.15) is 6.10 Å². The first-order valence-corrected chi connectivity index (χ1v) is 7.42. The molecule has 4 heteroatoms. The fourth-order valence-corrected chi connectivity index (χ4v) is 5.13. The highest BCUT2D eigenvalue weighted by Gasteiger charge is 2.68. The normalized spacial score (nSPS) is 52.4. The second-order valence-corrected chi connectivity index (χ2v) is 7.12. The summed E-state index contributed by atoms with van der Waals surface area (Å²) in [7, 11) is 0. The Bertz CT molecular complexity index is 394. The van der Waals surface area contributed by atoms with Crippen LogP contribution in [-0.4, -0.2) is 35.0 Å². The van der Waals surface area contributed by atoms with Crippen LogP contribution in [0.1, 0.15) is 33.6 Å². The lowest BCUT2D eigenvalue weighted by Crippen LogP contribution is -2.57. The molecule has 7 atom stereocenters. The summed E-state index contributed by atoms with van der Waals surface area (Å²) >= 11 is 0. The topological polar surface area (TPSA) is 66.8 Å². The van der Waals surface area contributed by atoms with Gasteiger partial charge in [-0.15, -0.1) is 0 Å². The maximum atomic E-state index is 12.2. The van der Waals surface area contributed by atoms with Gasteiger partial charge < -0.3 is 14.9 Å². The van der Waals surface area contributed by atoms with Gasteiger partial charge in [-0.3, -0.25) is 4.79 Å². The van der Waals surface area contributed by atoms with Crippen molar-refractivity contribution in [2.24, 2.45) is 35.0 Å². The van der Waals surface area contributed by atoms with Crippen LogP contribution in [0.2, 0.25) is 0 Å². The fraction of sp³-hybridized carbons (Fsp3) is 0.933. The number of fused-ring (bicyclic) bond motifs is 4. The van der Waals surface area contributed by atoms with E-state index in [4.69, 9.17) is 4.74 Å². The number of carbonyl (C=O) groups excluding carboxylic acids is 1. The Kier molecular flexibility index (Phi) is 2.95. The lowest BCUT2D eigenvalue weighted by Gasteiger charge is -2.49. The number of esters is 1. The van der Waals surface area contributed by atoms with Gasteiger partial charge >= 0.3 is 5.97 Å². The van der Waals surface area contributed by atoms with E-state index < -0.39 is 6.10 Å². The molecule has 0 unspecified atom stereocenters. The molecule has 1 heterocycles. The molecule has 2 N–H and O–H groups in total. The highest BCUT2D eigenvalue weighted by molar-refractivity contribution is 5.76. The molecule has 1 aliphatic heterocycles. The van der Waals surface area contributed by atoms with Crippen LogP contribution in [0.5, 0.6) is 0 Å². The first-order valence-electron chi connectivity index (χ1n) is 7.42. The average molecular weight is 268 g/mol. The Morgan fingerprint density at radius 1 is 1.42 bits per heavy atom. The highest BCUT2D eigenvalue weighted by atomic mass is 16.6. The Morgan fingerprint density at radius 3 is 2.68 bits per heavy atom. The van der Waals surface area contributed by atoms with Crippen LogP contribution in [0, 0.1) is 35.0 Å². The first-order chi connectivity index (χ1) is 8.92. The first kappa shape index (κ1) is 13.4. The van der Waals surface area contributed by atoms with Crippen molar-refractivity contribution < 1.29 is 19.7 Å². The van der Waals surface area contributed by atoms with E-state index in [1.807, 2.05) is 6.92 Å². The molecule has 0 aromatic carbocycles. The third kappa shape index (κ3) is 1.50. The van der Waals surface area contributed by atoms with E-state index in [-0.39, 0.29) is 47.8 Å². The Labute approximate surface area is 114 Å². The van der Waals surface area contributed by atoms with E-state index in [9.17, 15) is 15.0 Å². The third-order valence-electron chi connectivity index (χ3n) is 6.20. The summed E-state index contributed by atoms with van der Waals surface area (Å²) < 4.78 is 5.50. The van der Waals surface area contributed by atoms with Crippen molar-refractivity contribution in [2.75, 3.05) is 6.61 Å². The Balaban J connectivity index is 2.04. The minimum absolute atomic E-state index is 0.0834. The Morgan fingerprint density at radius 2 is 2.11 bits per heavy atom. The maximum Gasteiger partial charge on any atom is 0.310 e. The molecule has 4 nitrogen and oxygen atoms in total. The zero-order valence-electron chi connectivity index (χ0n) is 11.9. The molecule has 3 fully saturated rings. The monoisotopic (exact) mass is 268 g/mol. The van der Waals surface area contributed by atoms with E-state index in [1.165, 1.54) is 0 Å². The molecular weight excluding hydrogens is 244 g/mol. The smallest absolute Gasteiger partial charge is 0.310 e.